The highest BCUT2D eigenvalue weighted by Gasteiger charge is 2.34. The van der Waals surface area contributed by atoms with Crippen molar-refractivity contribution in [2.45, 2.75) is 31.2 Å². The molecule has 0 aliphatic carbocycles. The van der Waals surface area contributed by atoms with Crippen LogP contribution in [0.1, 0.15) is 31.1 Å². The van der Waals surface area contributed by atoms with Crippen LogP contribution < -0.4 is 4.72 Å². The van der Waals surface area contributed by atoms with Gasteiger partial charge in [0.1, 0.15) is 5.54 Å². The normalized spacial score (nSPS) is 12.0. The second kappa shape index (κ2) is 5.72. The number of nitrogens with one attached hydrogen (secondary N) is 1. The predicted molar refractivity (Wildman–Crippen MR) is 72.9 cm³/mol. The lowest BCUT2D eigenvalue weighted by Crippen LogP contribution is -2.50. The van der Waals surface area contributed by atoms with E-state index in [1.807, 2.05) is 0 Å². The largest absolute Gasteiger partial charge is 0.468 e. The molecule has 1 rings (SSSR count). The molecule has 20 heavy (non-hydrogen) atoms. The summed E-state index contributed by atoms with van der Waals surface area (Å²) in [6.07, 6.45) is 0. The second-order valence-electron chi connectivity index (χ2n) is 4.80. The summed E-state index contributed by atoms with van der Waals surface area (Å²) in [6.45, 7) is 4.20. The number of hydrogen-bond acceptors (Lipinski definition) is 5. The summed E-state index contributed by atoms with van der Waals surface area (Å²) in [6, 6.07) is 5.46. The Morgan fingerprint density at radius 3 is 2.05 bits per heavy atom. The van der Waals surface area contributed by atoms with Gasteiger partial charge in [-0.1, -0.05) is 12.1 Å². The Bertz CT molecular complexity index is 617. The number of rotatable bonds is 5. The summed E-state index contributed by atoms with van der Waals surface area (Å²) in [7, 11) is -2.70. The number of benzene rings is 1. The van der Waals surface area contributed by atoms with Gasteiger partial charge in [0.05, 0.1) is 12.0 Å². The van der Waals surface area contributed by atoms with E-state index in [2.05, 4.69) is 9.46 Å². The number of ketones is 1. The van der Waals surface area contributed by atoms with Crippen LogP contribution in [0.3, 0.4) is 0 Å². The predicted octanol–water partition coefficient (Wildman–Crippen LogP) is 1.12. The van der Waals surface area contributed by atoms with Gasteiger partial charge in [0.2, 0.25) is 10.0 Å². The first-order valence-corrected chi connectivity index (χ1v) is 7.32. The number of methoxy groups -OCH3 is 1. The molecule has 0 aliphatic rings. The van der Waals surface area contributed by atoms with Gasteiger partial charge in [-0.3, -0.25) is 9.59 Å². The maximum Gasteiger partial charge on any atom is 0.326 e. The van der Waals surface area contributed by atoms with Crippen LogP contribution in [0.4, 0.5) is 0 Å². The Morgan fingerprint density at radius 2 is 1.65 bits per heavy atom. The summed E-state index contributed by atoms with van der Waals surface area (Å²) in [5.74, 6) is -0.849. The smallest absolute Gasteiger partial charge is 0.326 e. The first kappa shape index (κ1) is 16.3. The average molecular weight is 299 g/mol. The Kier molecular flexibility index (Phi) is 4.67. The van der Waals surface area contributed by atoms with Crippen molar-refractivity contribution < 1.29 is 22.7 Å². The minimum atomic E-state index is -3.88. The van der Waals surface area contributed by atoms with Crippen LogP contribution in [0.15, 0.2) is 29.2 Å². The monoisotopic (exact) mass is 299 g/mol. The molecule has 0 aliphatic heterocycles. The fourth-order valence-electron chi connectivity index (χ4n) is 1.56. The minimum absolute atomic E-state index is 0.0283. The van der Waals surface area contributed by atoms with Crippen molar-refractivity contribution in [1.29, 1.82) is 0 Å². The molecular weight excluding hydrogens is 282 g/mol. The summed E-state index contributed by atoms with van der Waals surface area (Å²) in [5, 5.41) is 0. The average Bonchev–Trinajstić information content (AvgIpc) is 2.36. The molecule has 6 nitrogen and oxygen atoms in total. The first-order chi connectivity index (χ1) is 9.10. The lowest BCUT2D eigenvalue weighted by atomic mass is 10.1. The van der Waals surface area contributed by atoms with Crippen molar-refractivity contribution in [3.63, 3.8) is 0 Å². The van der Waals surface area contributed by atoms with Crippen LogP contribution in [-0.2, 0) is 19.6 Å². The van der Waals surface area contributed by atoms with Crippen LogP contribution in [0, 0.1) is 0 Å². The summed E-state index contributed by atoms with van der Waals surface area (Å²) >= 11 is 0. The highest BCUT2D eigenvalue weighted by molar-refractivity contribution is 7.89. The van der Waals surface area contributed by atoms with E-state index in [-0.39, 0.29) is 10.7 Å². The van der Waals surface area contributed by atoms with Gasteiger partial charge in [-0.05, 0) is 32.9 Å². The number of sulfonamides is 1. The Balaban J connectivity index is 3.05. The van der Waals surface area contributed by atoms with Crippen LogP contribution in [0.5, 0.6) is 0 Å². The van der Waals surface area contributed by atoms with E-state index in [4.69, 9.17) is 0 Å². The zero-order valence-electron chi connectivity index (χ0n) is 11.8. The third-order valence-electron chi connectivity index (χ3n) is 2.66. The highest BCUT2D eigenvalue weighted by Crippen LogP contribution is 2.15. The first-order valence-electron chi connectivity index (χ1n) is 5.83. The van der Waals surface area contributed by atoms with E-state index in [0.717, 1.165) is 0 Å². The molecule has 1 aromatic carbocycles. The number of ether oxygens (including phenoxy) is 1. The van der Waals surface area contributed by atoms with Crippen LogP contribution >= 0.6 is 0 Å². The van der Waals surface area contributed by atoms with Gasteiger partial charge in [-0.2, -0.15) is 4.72 Å². The van der Waals surface area contributed by atoms with E-state index in [1.165, 1.54) is 52.1 Å². The molecule has 7 heteroatoms. The number of hydrogen-bond donors (Lipinski definition) is 1. The molecule has 0 amide bonds. The summed E-state index contributed by atoms with van der Waals surface area (Å²) < 4.78 is 31.1. The molecule has 0 atom stereocenters. The third-order valence-corrected chi connectivity index (χ3v) is 4.33. The van der Waals surface area contributed by atoms with Crippen LogP contribution in [-0.4, -0.2) is 32.8 Å². The maximum atomic E-state index is 12.1. The van der Waals surface area contributed by atoms with E-state index in [9.17, 15) is 18.0 Å². The standard InChI is InChI=1S/C13H17NO5S/c1-9(15)10-5-7-11(8-6-10)20(17,18)14-13(2,3)12(16)19-4/h5-8,14H,1-4H3. The molecule has 110 valence electrons. The number of Topliss-reactive ketones (excluding diaryl/α,β-unsaturated/α-hetero) is 1. The second-order valence-corrected chi connectivity index (χ2v) is 6.49. The molecule has 0 bridgehead atoms. The van der Waals surface area contributed by atoms with Gasteiger partial charge in [-0.25, -0.2) is 8.42 Å². The lowest BCUT2D eigenvalue weighted by Gasteiger charge is -2.22. The van der Waals surface area contributed by atoms with E-state index in [0.29, 0.717) is 5.56 Å². The van der Waals surface area contributed by atoms with E-state index >= 15 is 0 Å². The van der Waals surface area contributed by atoms with Gasteiger partial charge in [0, 0.05) is 5.56 Å². The van der Waals surface area contributed by atoms with Gasteiger partial charge >= 0.3 is 5.97 Å². The zero-order chi connectivity index (χ0) is 15.6. The molecule has 0 aromatic heterocycles. The Morgan fingerprint density at radius 1 is 1.15 bits per heavy atom. The number of carbonyl (C=O) groups excluding carboxylic acids is 2. The van der Waals surface area contributed by atoms with Crippen molar-refractivity contribution >= 4 is 21.8 Å². The molecule has 0 fully saturated rings. The summed E-state index contributed by atoms with van der Waals surface area (Å²) in [5.41, 5.74) is -0.969. The zero-order valence-corrected chi connectivity index (χ0v) is 12.6. The van der Waals surface area contributed by atoms with Gasteiger partial charge in [-0.15, -0.1) is 0 Å². The van der Waals surface area contributed by atoms with Crippen LogP contribution in [0.2, 0.25) is 0 Å². The fraction of sp³-hybridized carbons (Fsp3) is 0.385. The van der Waals surface area contributed by atoms with Crippen molar-refractivity contribution in [2.75, 3.05) is 7.11 Å². The molecule has 0 saturated heterocycles. The molecule has 0 spiro atoms. The maximum absolute atomic E-state index is 12.1. The fourth-order valence-corrected chi connectivity index (χ4v) is 2.93. The van der Waals surface area contributed by atoms with Gasteiger partial charge < -0.3 is 4.74 Å². The highest BCUT2D eigenvalue weighted by atomic mass is 32.2. The van der Waals surface area contributed by atoms with E-state index in [1.54, 1.807) is 0 Å². The third kappa shape index (κ3) is 3.64. The van der Waals surface area contributed by atoms with Crippen molar-refractivity contribution in [2.24, 2.45) is 0 Å². The molecule has 1 N–H and O–H groups in total. The molecule has 0 radical (unpaired) electrons. The Hall–Kier alpha value is -1.73. The lowest BCUT2D eigenvalue weighted by molar-refractivity contribution is -0.146. The van der Waals surface area contributed by atoms with Gasteiger partial charge in [0.25, 0.3) is 0 Å². The quantitative estimate of drug-likeness (QED) is 0.650. The summed E-state index contributed by atoms with van der Waals surface area (Å²) in [4.78, 5) is 22.6. The molecule has 0 unspecified atom stereocenters. The molecule has 1 aromatic rings. The molecular formula is C13H17NO5S. The van der Waals surface area contributed by atoms with Crippen molar-refractivity contribution in [3.8, 4) is 0 Å². The molecule has 0 heterocycles. The van der Waals surface area contributed by atoms with Gasteiger partial charge in [0.15, 0.2) is 5.78 Å². The van der Waals surface area contributed by atoms with Crippen LogP contribution in [0.25, 0.3) is 0 Å². The number of carbonyl (C=O) groups is 2. The molecule has 0 saturated carbocycles. The van der Waals surface area contributed by atoms with Crippen molar-refractivity contribution in [1.82, 2.24) is 4.72 Å². The Labute approximate surface area is 118 Å². The van der Waals surface area contributed by atoms with E-state index < -0.39 is 21.5 Å². The van der Waals surface area contributed by atoms with Crippen molar-refractivity contribution in [3.05, 3.63) is 29.8 Å². The topological polar surface area (TPSA) is 89.5 Å². The number of esters is 1. The minimum Gasteiger partial charge on any atom is -0.468 e. The SMILES string of the molecule is COC(=O)C(C)(C)NS(=O)(=O)c1ccc(C(C)=O)cc1.